The highest BCUT2D eigenvalue weighted by Crippen LogP contribution is 2.36. The molecule has 1 amide bonds. The molecule has 0 fully saturated rings. The molecule has 0 radical (unpaired) electrons. The fraction of sp³-hybridized carbons (Fsp3) is 0.100. The molecule has 2 aromatic heterocycles. The average molecular weight is 514 g/mol. The lowest BCUT2D eigenvalue weighted by Gasteiger charge is -2.14. The first kappa shape index (κ1) is 24.9. The minimum absolute atomic E-state index is 0.0979. The summed E-state index contributed by atoms with van der Waals surface area (Å²) < 4.78 is 72.7. The average Bonchev–Trinajstić information content (AvgIpc) is 2.76. The summed E-state index contributed by atoms with van der Waals surface area (Å²) in [6, 6.07) is 3.57. The van der Waals surface area contributed by atoms with Crippen molar-refractivity contribution in [3.05, 3.63) is 71.7 Å². The Morgan fingerprint density at radius 1 is 1.15 bits per heavy atom. The highest BCUT2D eigenvalue weighted by molar-refractivity contribution is 7.92. The van der Waals surface area contributed by atoms with Crippen LogP contribution in [0, 0.1) is 6.92 Å². The number of carbonyl (C=O) groups excluding carboxylic acids is 1. The number of nitrogens with zero attached hydrogens (tertiary/aromatic N) is 3. The van der Waals surface area contributed by atoms with Gasteiger partial charge in [0, 0.05) is 6.20 Å². The number of aryl methyl sites for hydroxylation is 1. The van der Waals surface area contributed by atoms with Crippen LogP contribution < -0.4 is 14.8 Å². The maximum absolute atomic E-state index is 13.2. The van der Waals surface area contributed by atoms with Crippen LogP contribution in [0.4, 0.5) is 24.7 Å². The van der Waals surface area contributed by atoms with Crippen LogP contribution in [0.5, 0.6) is 11.8 Å². The summed E-state index contributed by atoms with van der Waals surface area (Å²) in [5, 5.41) is 1.75. The third-order valence-corrected chi connectivity index (χ3v) is 5.74. The second-order valence-electron chi connectivity index (χ2n) is 6.65. The number of aromatic nitrogens is 3. The lowest BCUT2D eigenvalue weighted by atomic mass is 10.2. The van der Waals surface area contributed by atoms with Gasteiger partial charge < -0.3 is 10.1 Å². The van der Waals surface area contributed by atoms with E-state index in [9.17, 15) is 26.4 Å². The normalized spacial score (nSPS) is 11.6. The second-order valence-corrected chi connectivity index (χ2v) is 8.74. The van der Waals surface area contributed by atoms with Gasteiger partial charge in [0.05, 0.1) is 27.9 Å². The third kappa shape index (κ3) is 5.99. The molecule has 0 aliphatic carbocycles. The number of pyridine rings is 1. The molecule has 0 spiro atoms. The van der Waals surface area contributed by atoms with Gasteiger partial charge in [0.2, 0.25) is 17.7 Å². The van der Waals surface area contributed by atoms with Crippen molar-refractivity contribution in [2.45, 2.75) is 18.0 Å². The molecule has 0 aliphatic rings. The number of ether oxygens (including phenoxy) is 1. The first-order valence-corrected chi connectivity index (χ1v) is 11.0. The van der Waals surface area contributed by atoms with Gasteiger partial charge in [0.15, 0.2) is 5.82 Å². The van der Waals surface area contributed by atoms with E-state index in [1.807, 2.05) is 0 Å². The summed E-state index contributed by atoms with van der Waals surface area (Å²) in [6.45, 7) is 4.93. The summed E-state index contributed by atoms with van der Waals surface area (Å²) in [6.07, 6.45) is -0.103. The van der Waals surface area contributed by atoms with E-state index in [-0.39, 0.29) is 23.3 Å². The van der Waals surface area contributed by atoms with Gasteiger partial charge in [-0.25, -0.2) is 23.4 Å². The number of anilines is 2. The molecule has 0 saturated heterocycles. The molecule has 1 aromatic carbocycles. The van der Waals surface area contributed by atoms with Gasteiger partial charge in [-0.1, -0.05) is 18.2 Å². The molecular formula is C20H15ClF3N5O4S. The highest BCUT2D eigenvalue weighted by atomic mass is 35.5. The van der Waals surface area contributed by atoms with Gasteiger partial charge in [0.1, 0.15) is 5.69 Å². The minimum atomic E-state index is -4.85. The number of hydrogen-bond acceptors (Lipinski definition) is 7. The lowest BCUT2D eigenvalue weighted by Crippen LogP contribution is -2.16. The van der Waals surface area contributed by atoms with Gasteiger partial charge in [0.25, 0.3) is 10.0 Å². The summed E-state index contributed by atoms with van der Waals surface area (Å²) in [4.78, 5) is 22.5. The van der Waals surface area contributed by atoms with Crippen LogP contribution >= 0.6 is 11.6 Å². The molecule has 0 aliphatic heterocycles. The molecule has 2 N–H and O–H groups in total. The predicted octanol–water partition coefficient (Wildman–Crippen LogP) is 4.57. The largest absolute Gasteiger partial charge is 0.417 e. The summed E-state index contributed by atoms with van der Waals surface area (Å²) in [5.74, 6) is -0.732. The van der Waals surface area contributed by atoms with Crippen LogP contribution in [0.25, 0.3) is 0 Å². The Kier molecular flexibility index (Phi) is 7.07. The van der Waals surface area contributed by atoms with Gasteiger partial charge in [-0.3, -0.25) is 9.52 Å². The van der Waals surface area contributed by atoms with E-state index in [1.54, 1.807) is 6.92 Å². The van der Waals surface area contributed by atoms with Crippen LogP contribution in [-0.4, -0.2) is 29.3 Å². The highest BCUT2D eigenvalue weighted by Gasteiger charge is 2.34. The summed E-state index contributed by atoms with van der Waals surface area (Å²) in [7, 11) is -4.49. The Labute approximate surface area is 196 Å². The van der Waals surface area contributed by atoms with E-state index < -0.39 is 37.6 Å². The molecule has 0 atom stereocenters. The van der Waals surface area contributed by atoms with Crippen LogP contribution in [-0.2, 0) is 21.0 Å². The van der Waals surface area contributed by atoms with Crippen LogP contribution in [0.1, 0.15) is 11.1 Å². The van der Waals surface area contributed by atoms with Crippen molar-refractivity contribution in [3.63, 3.8) is 0 Å². The molecule has 2 heterocycles. The van der Waals surface area contributed by atoms with Crippen LogP contribution in [0.3, 0.4) is 0 Å². The quantitative estimate of drug-likeness (QED) is 0.443. The molecule has 9 nitrogen and oxygen atoms in total. The SMILES string of the molecule is C=CC(=O)Nc1cnc(Oc2ncc(C)cc2NS(=O)(=O)c2ccc(Cl)c(C(F)(F)F)c2)cn1. The number of nitrogens with one attached hydrogen (secondary N) is 2. The number of halogens is 4. The standard InChI is InChI=1S/C20H15ClF3N5O4S/c1-3-17(30)28-16-9-26-18(10-25-16)33-19-15(6-11(2)8-27-19)29-34(31,32)12-4-5-14(21)13(7-12)20(22,23)24/h3-10,29H,1H2,2H3,(H,25,28,30). The maximum Gasteiger partial charge on any atom is 0.417 e. The molecule has 0 bridgehead atoms. The van der Waals surface area contributed by atoms with E-state index >= 15 is 0 Å². The molecular weight excluding hydrogens is 499 g/mol. The molecule has 0 saturated carbocycles. The Bertz CT molecular complexity index is 1350. The number of benzene rings is 1. The third-order valence-electron chi connectivity index (χ3n) is 4.05. The van der Waals surface area contributed by atoms with Crippen molar-refractivity contribution in [2.24, 2.45) is 0 Å². The van der Waals surface area contributed by atoms with Gasteiger partial charge in [-0.2, -0.15) is 13.2 Å². The fourth-order valence-corrected chi connectivity index (χ4v) is 3.81. The Balaban J connectivity index is 1.89. The Morgan fingerprint density at radius 2 is 1.88 bits per heavy atom. The van der Waals surface area contributed by atoms with Gasteiger partial charge in [-0.15, -0.1) is 0 Å². The maximum atomic E-state index is 13.2. The zero-order valence-electron chi connectivity index (χ0n) is 17.2. The smallest absolute Gasteiger partial charge is 0.417 e. The number of carbonyl (C=O) groups is 1. The van der Waals surface area contributed by atoms with Crippen LogP contribution in [0.2, 0.25) is 5.02 Å². The van der Waals surface area contributed by atoms with Gasteiger partial charge >= 0.3 is 6.18 Å². The molecule has 34 heavy (non-hydrogen) atoms. The number of rotatable bonds is 7. The van der Waals surface area contributed by atoms with Crippen molar-refractivity contribution in [1.82, 2.24) is 15.0 Å². The topological polar surface area (TPSA) is 123 Å². The Morgan fingerprint density at radius 3 is 2.50 bits per heavy atom. The number of hydrogen-bond donors (Lipinski definition) is 2. The van der Waals surface area contributed by atoms with Crippen LogP contribution in [0.15, 0.2) is 60.4 Å². The second kappa shape index (κ2) is 9.65. The zero-order valence-corrected chi connectivity index (χ0v) is 18.8. The molecule has 3 aromatic rings. The van der Waals surface area contributed by atoms with Crippen molar-refractivity contribution in [3.8, 4) is 11.8 Å². The van der Waals surface area contributed by atoms with E-state index in [0.717, 1.165) is 24.4 Å². The summed E-state index contributed by atoms with van der Waals surface area (Å²) >= 11 is 5.57. The molecule has 3 rings (SSSR count). The predicted molar refractivity (Wildman–Crippen MR) is 117 cm³/mol. The Hall–Kier alpha value is -3.71. The van der Waals surface area contributed by atoms with Gasteiger partial charge in [-0.05, 0) is 42.8 Å². The molecule has 14 heteroatoms. The van der Waals surface area contributed by atoms with E-state index in [1.165, 1.54) is 18.5 Å². The van der Waals surface area contributed by atoms with Crippen molar-refractivity contribution in [1.29, 1.82) is 0 Å². The monoisotopic (exact) mass is 513 g/mol. The van der Waals surface area contributed by atoms with Crippen molar-refractivity contribution >= 4 is 39.0 Å². The van der Waals surface area contributed by atoms with E-state index in [2.05, 4.69) is 31.6 Å². The molecule has 0 unspecified atom stereocenters. The van der Waals surface area contributed by atoms with Crippen molar-refractivity contribution < 1.29 is 31.1 Å². The number of alkyl halides is 3. The molecule has 178 valence electrons. The van der Waals surface area contributed by atoms with Crippen molar-refractivity contribution in [2.75, 3.05) is 10.0 Å². The van der Waals surface area contributed by atoms with E-state index in [4.69, 9.17) is 16.3 Å². The fourth-order valence-electron chi connectivity index (χ4n) is 2.51. The number of amides is 1. The van der Waals surface area contributed by atoms with E-state index in [0.29, 0.717) is 11.6 Å². The minimum Gasteiger partial charge on any atom is -0.417 e. The zero-order chi connectivity index (χ0) is 25.1. The first-order chi connectivity index (χ1) is 15.9. The lowest BCUT2D eigenvalue weighted by molar-refractivity contribution is -0.137. The summed E-state index contributed by atoms with van der Waals surface area (Å²) in [5.41, 5.74) is -0.921. The first-order valence-electron chi connectivity index (χ1n) is 9.18. The number of sulfonamides is 1.